The molecule has 0 N–H and O–H groups in total. The van der Waals surface area contributed by atoms with Gasteiger partial charge in [-0.1, -0.05) is 201 Å². The summed E-state index contributed by atoms with van der Waals surface area (Å²) < 4.78 is 32.9. The molecule has 0 saturated carbocycles. The second kappa shape index (κ2) is 29.9. The van der Waals surface area contributed by atoms with Crippen LogP contribution in [0.2, 0.25) is 0 Å². The number of benzene rings is 9. The summed E-state index contributed by atoms with van der Waals surface area (Å²) in [5.41, 5.74) is 18.8. The maximum absolute atomic E-state index is 13.2. The molecule has 6 heterocycles. The average molecular weight is 1360 g/mol. The Morgan fingerprint density at radius 2 is 0.596 bits per heavy atom. The molecule has 0 radical (unpaired) electrons. The Hall–Kier alpha value is -9.80. The number of hydrogen-bond donors (Lipinski definition) is 0. The number of aromatic nitrogens is 6. The van der Waals surface area contributed by atoms with Gasteiger partial charge in [-0.05, 0) is 140 Å². The number of pyridine rings is 6. The van der Waals surface area contributed by atoms with Crippen LogP contribution in [-0.2, 0) is 43.8 Å². The average Bonchev–Trinajstić information content (AvgIpc) is 0.775. The van der Waals surface area contributed by atoms with E-state index < -0.39 is 10.0 Å². The SMILES string of the molecule is CCCN(CCC)S(=O)(=O)c1ccc(-c2ccnc3c2ccc2c(-c4ccc(SOOOC)cc4)ccnc23)cc1.[Ru].c1ccc(-c2ccnc3c2ccc2c(-c4ccccc4)ccnc23)cc1.c1ccc(-c2ccnc3c2ccc2c(-c4ccccc4)ccnc23)cc1. The molecule has 0 amide bonds. The second-order valence-corrected chi connectivity index (χ2v) is 24.7. The van der Waals surface area contributed by atoms with Crippen LogP contribution in [0.15, 0.2) is 290 Å². The van der Waals surface area contributed by atoms with Gasteiger partial charge < -0.3 is 0 Å². The quantitative estimate of drug-likeness (QED) is 0.0227. The molecule has 6 aromatic heterocycles. The first-order chi connectivity index (χ1) is 45.8. The Balaban J connectivity index is 0.000000140. The van der Waals surface area contributed by atoms with Crippen LogP contribution in [0.3, 0.4) is 0 Å². The molecule has 0 aliphatic rings. The van der Waals surface area contributed by atoms with Crippen LogP contribution < -0.4 is 0 Å². The van der Waals surface area contributed by atoms with Crippen molar-refractivity contribution < 1.29 is 42.2 Å². The Bertz CT molecular complexity index is 4820. The number of rotatable bonds is 16. The van der Waals surface area contributed by atoms with Gasteiger partial charge in [0.2, 0.25) is 10.0 Å². The van der Waals surface area contributed by atoms with Gasteiger partial charge in [0.1, 0.15) is 0 Å². The summed E-state index contributed by atoms with van der Waals surface area (Å²) in [6.45, 7) is 5.00. The molecule has 15 aromatic rings. The third-order valence-corrected chi connectivity index (χ3v) is 18.8. The zero-order valence-corrected chi connectivity index (χ0v) is 55.1. The first-order valence-corrected chi connectivity index (χ1v) is 33.0. The molecule has 0 aliphatic heterocycles. The molecular weight excluding hydrogens is 1290 g/mol. The van der Waals surface area contributed by atoms with Gasteiger partial charge in [0.15, 0.2) is 0 Å². The van der Waals surface area contributed by atoms with Crippen LogP contribution in [0, 0.1) is 0 Å². The summed E-state index contributed by atoms with van der Waals surface area (Å²) >= 11 is 1.06. The Kier molecular flexibility index (Phi) is 20.4. The van der Waals surface area contributed by atoms with Gasteiger partial charge in [-0.25, -0.2) is 13.3 Å². The topological polar surface area (TPSA) is 142 Å². The smallest absolute Gasteiger partial charge is 0.243 e. The molecule has 15 rings (SSSR count). The number of hydrogen-bond acceptors (Lipinski definition) is 12. The zero-order valence-electron chi connectivity index (χ0n) is 51.7. The van der Waals surface area contributed by atoms with Gasteiger partial charge in [0.25, 0.3) is 0 Å². The van der Waals surface area contributed by atoms with Crippen LogP contribution >= 0.6 is 12.0 Å². The maximum Gasteiger partial charge on any atom is 0.243 e. The van der Waals surface area contributed by atoms with E-state index >= 15 is 0 Å². The Morgan fingerprint density at radius 3 is 0.851 bits per heavy atom. The molecule has 0 unspecified atom stereocenters. The van der Waals surface area contributed by atoms with Crippen molar-refractivity contribution >= 4 is 87.5 Å². The van der Waals surface area contributed by atoms with Crippen LogP contribution in [0.4, 0.5) is 0 Å². The molecule has 15 heteroatoms. The molecule has 0 bridgehead atoms. The second-order valence-electron chi connectivity index (χ2n) is 22.0. The van der Waals surface area contributed by atoms with E-state index in [0.717, 1.165) is 117 Å². The van der Waals surface area contributed by atoms with Gasteiger partial charge >= 0.3 is 0 Å². The van der Waals surface area contributed by atoms with Gasteiger partial charge in [0, 0.05) is 107 Å². The number of fused-ring (bicyclic) bond motifs is 9. The maximum atomic E-state index is 13.2. The molecule has 0 saturated heterocycles. The van der Waals surface area contributed by atoms with Gasteiger partial charge in [-0.15, -0.1) is 4.33 Å². The van der Waals surface area contributed by atoms with E-state index in [9.17, 15) is 8.42 Å². The summed E-state index contributed by atoms with van der Waals surface area (Å²) in [6.07, 6.45) is 12.6. The fourth-order valence-electron chi connectivity index (χ4n) is 12.0. The van der Waals surface area contributed by atoms with E-state index in [1.165, 1.54) is 51.6 Å². The first-order valence-electron chi connectivity index (χ1n) is 30.8. The van der Waals surface area contributed by atoms with E-state index in [1.54, 1.807) is 28.8 Å². The summed E-state index contributed by atoms with van der Waals surface area (Å²) in [6, 6.07) is 81.8. The Labute approximate surface area is 563 Å². The van der Waals surface area contributed by atoms with Crippen molar-refractivity contribution in [3.63, 3.8) is 0 Å². The van der Waals surface area contributed by atoms with E-state index in [-0.39, 0.29) is 19.5 Å². The molecule has 9 aromatic carbocycles. The molecular formula is C79H63N7O5RuS2. The minimum atomic E-state index is -3.54. The van der Waals surface area contributed by atoms with Crippen molar-refractivity contribution in [2.45, 2.75) is 36.5 Å². The minimum Gasteiger partial charge on any atom is -0.254 e. The van der Waals surface area contributed by atoms with Crippen molar-refractivity contribution in [3.05, 3.63) is 280 Å². The van der Waals surface area contributed by atoms with Crippen molar-refractivity contribution in [2.24, 2.45) is 0 Å². The van der Waals surface area contributed by atoms with E-state index in [4.69, 9.17) is 14.3 Å². The zero-order chi connectivity index (χ0) is 63.5. The predicted molar refractivity (Wildman–Crippen MR) is 378 cm³/mol. The molecule has 464 valence electrons. The van der Waals surface area contributed by atoms with Gasteiger partial charge in [-0.2, -0.15) is 4.31 Å². The molecule has 12 nitrogen and oxygen atoms in total. The fourth-order valence-corrected chi connectivity index (χ4v) is 14.1. The van der Waals surface area contributed by atoms with Gasteiger partial charge in [0.05, 0.1) is 57.1 Å². The number of nitrogens with zero attached hydrogens (tertiary/aromatic N) is 7. The molecule has 0 fully saturated rings. The van der Waals surface area contributed by atoms with Crippen molar-refractivity contribution in [1.82, 2.24) is 34.2 Å². The Morgan fingerprint density at radius 1 is 0.340 bits per heavy atom. The summed E-state index contributed by atoms with van der Waals surface area (Å²) in [5.74, 6) is 0. The van der Waals surface area contributed by atoms with Crippen LogP contribution in [-0.4, -0.2) is 62.8 Å². The minimum absolute atomic E-state index is 0. The fraction of sp³-hybridized carbons (Fsp3) is 0.0886. The molecule has 0 atom stereocenters. The monoisotopic (exact) mass is 1360 g/mol. The van der Waals surface area contributed by atoms with Gasteiger partial charge in [-0.3, -0.25) is 29.9 Å². The summed E-state index contributed by atoms with van der Waals surface area (Å²) in [5, 5.41) is 10.9. The van der Waals surface area contributed by atoms with Crippen LogP contribution in [0.1, 0.15) is 26.7 Å². The van der Waals surface area contributed by atoms with Crippen molar-refractivity contribution in [2.75, 3.05) is 20.2 Å². The van der Waals surface area contributed by atoms with Crippen LogP contribution in [0.25, 0.3) is 132 Å². The number of sulfonamides is 1. The van der Waals surface area contributed by atoms with Crippen molar-refractivity contribution in [1.29, 1.82) is 0 Å². The van der Waals surface area contributed by atoms with Crippen molar-refractivity contribution in [3.8, 4) is 66.8 Å². The molecule has 0 aliphatic carbocycles. The molecule has 94 heavy (non-hydrogen) atoms. The van der Waals surface area contributed by atoms with E-state index in [2.05, 4.69) is 188 Å². The molecule has 0 spiro atoms. The summed E-state index contributed by atoms with van der Waals surface area (Å²) in [4.78, 5) is 33.7. The third kappa shape index (κ3) is 13.5. The predicted octanol–water partition coefficient (Wildman–Crippen LogP) is 19.7. The largest absolute Gasteiger partial charge is 0.254 e. The normalized spacial score (nSPS) is 11.4. The van der Waals surface area contributed by atoms with E-state index in [1.807, 2.05) is 111 Å². The summed E-state index contributed by atoms with van der Waals surface area (Å²) in [7, 11) is -2.17. The third-order valence-electron chi connectivity index (χ3n) is 16.3. The standard InChI is InChI=1S/C31H31N3O5S2.2C24H16N2.Ru/c1-4-20-34(21-5-2)41(35,36)25-12-8-23(9-13-25)27-17-19-33-31-29(27)15-14-28-26(16-18-32-30(28)31)22-6-10-24(11-7-22)40-39-38-37-3;2*1-3-7-17(8-4-1)19-13-15-25-23-21(19)11-12-22-20(14-16-26-24(22)23)18-9-5-2-6-10-18;/h6-19H,4-5,20-21H2,1-3H3;2*1-16H;. The first kappa shape index (κ1) is 64.3. The van der Waals surface area contributed by atoms with Crippen LogP contribution in [0.5, 0.6) is 0 Å². The van der Waals surface area contributed by atoms with E-state index in [0.29, 0.717) is 18.0 Å².